The summed E-state index contributed by atoms with van der Waals surface area (Å²) in [4.78, 5) is 24.0. The summed E-state index contributed by atoms with van der Waals surface area (Å²) in [5.41, 5.74) is 2.44. The molecule has 0 spiro atoms. The minimum Gasteiger partial charge on any atom is -0.487 e. The number of carbonyl (C=O) groups excluding carboxylic acids is 2. The monoisotopic (exact) mass is 386 g/mol. The Bertz CT molecular complexity index is 896. The van der Waals surface area contributed by atoms with Gasteiger partial charge in [-0.15, -0.1) is 0 Å². The Morgan fingerprint density at radius 2 is 1.93 bits per heavy atom. The number of allylic oxidation sites excluding steroid dienone is 1. The number of urea groups is 1. The van der Waals surface area contributed by atoms with Gasteiger partial charge in [0.25, 0.3) is 0 Å². The molecular formula is C20H19ClN2O4. The Morgan fingerprint density at radius 1 is 1.19 bits per heavy atom. The predicted octanol–water partition coefficient (Wildman–Crippen LogP) is 3.72. The van der Waals surface area contributed by atoms with Gasteiger partial charge in [-0.05, 0) is 30.2 Å². The first-order valence-electron chi connectivity index (χ1n) is 8.32. The first-order valence-corrected chi connectivity index (χ1v) is 8.70. The van der Waals surface area contributed by atoms with Gasteiger partial charge in [0.15, 0.2) is 0 Å². The minimum atomic E-state index is -0.660. The fourth-order valence-electron chi connectivity index (χ4n) is 2.87. The van der Waals surface area contributed by atoms with Crippen LogP contribution in [0, 0.1) is 0 Å². The van der Waals surface area contributed by atoms with Gasteiger partial charge in [-0.1, -0.05) is 48.0 Å². The van der Waals surface area contributed by atoms with E-state index in [-0.39, 0.29) is 0 Å². The number of ether oxygens (including phenoxy) is 2. The molecule has 2 aromatic rings. The standard InChI is InChI=1S/C20H19ClN2O4/c1-12-17(19(24)26-2)18(23-20(25)22-12)14-8-9-16(15(21)10-14)27-11-13-6-4-3-5-7-13/h3-10,18H,11H2,1-2H3,(H2,22,23,25). The lowest BCUT2D eigenvalue weighted by Gasteiger charge is -2.28. The van der Waals surface area contributed by atoms with E-state index in [1.807, 2.05) is 30.3 Å². The Hall–Kier alpha value is -2.99. The summed E-state index contributed by atoms with van der Waals surface area (Å²) in [6.45, 7) is 2.04. The summed E-state index contributed by atoms with van der Waals surface area (Å²) in [7, 11) is 1.30. The molecule has 3 rings (SSSR count). The van der Waals surface area contributed by atoms with Gasteiger partial charge in [0.05, 0.1) is 23.7 Å². The number of hydrogen-bond acceptors (Lipinski definition) is 4. The molecule has 0 aromatic heterocycles. The third kappa shape index (κ3) is 4.23. The second-order valence-electron chi connectivity index (χ2n) is 6.03. The summed E-state index contributed by atoms with van der Waals surface area (Å²) in [6.07, 6.45) is 0. The van der Waals surface area contributed by atoms with Gasteiger partial charge in [-0.3, -0.25) is 0 Å². The molecule has 1 unspecified atom stereocenters. The zero-order valence-corrected chi connectivity index (χ0v) is 15.7. The average molecular weight is 387 g/mol. The van der Waals surface area contributed by atoms with Gasteiger partial charge in [-0.2, -0.15) is 0 Å². The zero-order chi connectivity index (χ0) is 19.4. The van der Waals surface area contributed by atoms with E-state index in [1.165, 1.54) is 7.11 Å². The molecule has 7 heteroatoms. The fourth-order valence-corrected chi connectivity index (χ4v) is 3.12. The molecule has 1 aliphatic rings. The fraction of sp³-hybridized carbons (Fsp3) is 0.200. The normalized spacial score (nSPS) is 16.4. The lowest BCUT2D eigenvalue weighted by Crippen LogP contribution is -2.45. The molecule has 0 bridgehead atoms. The van der Waals surface area contributed by atoms with Crippen molar-refractivity contribution in [1.29, 1.82) is 0 Å². The van der Waals surface area contributed by atoms with Gasteiger partial charge in [0.2, 0.25) is 0 Å². The topological polar surface area (TPSA) is 76.7 Å². The molecule has 2 amide bonds. The molecule has 0 saturated heterocycles. The van der Waals surface area contributed by atoms with Crippen molar-refractivity contribution in [2.45, 2.75) is 19.6 Å². The molecule has 0 radical (unpaired) electrons. The molecule has 2 N–H and O–H groups in total. The van der Waals surface area contributed by atoms with Crippen LogP contribution in [0.1, 0.15) is 24.1 Å². The van der Waals surface area contributed by atoms with Gasteiger partial charge in [-0.25, -0.2) is 9.59 Å². The molecule has 2 aromatic carbocycles. The largest absolute Gasteiger partial charge is 0.487 e. The van der Waals surface area contributed by atoms with Crippen molar-refractivity contribution >= 4 is 23.6 Å². The summed E-state index contributed by atoms with van der Waals surface area (Å²) in [5, 5.41) is 5.69. The van der Waals surface area contributed by atoms with Crippen LogP contribution in [0.25, 0.3) is 0 Å². The smallest absolute Gasteiger partial charge is 0.337 e. The number of rotatable bonds is 5. The maximum absolute atomic E-state index is 12.1. The highest BCUT2D eigenvalue weighted by Gasteiger charge is 2.32. The number of hydrogen-bond donors (Lipinski definition) is 2. The SMILES string of the molecule is COC(=O)C1=C(C)NC(=O)NC1c1ccc(OCc2ccccc2)c(Cl)c1. The van der Waals surface area contributed by atoms with Crippen LogP contribution in [0.15, 0.2) is 59.8 Å². The van der Waals surface area contributed by atoms with E-state index in [4.69, 9.17) is 21.1 Å². The molecule has 27 heavy (non-hydrogen) atoms. The molecular weight excluding hydrogens is 368 g/mol. The molecule has 1 heterocycles. The quantitative estimate of drug-likeness (QED) is 0.768. The summed E-state index contributed by atoms with van der Waals surface area (Å²) in [5.74, 6) is -0.00428. The van der Waals surface area contributed by atoms with Crippen LogP contribution >= 0.6 is 11.6 Å². The van der Waals surface area contributed by atoms with Gasteiger partial charge >= 0.3 is 12.0 Å². The van der Waals surface area contributed by atoms with Crippen LogP contribution in [-0.2, 0) is 16.1 Å². The number of esters is 1. The maximum atomic E-state index is 12.1. The first-order chi connectivity index (χ1) is 13.0. The average Bonchev–Trinajstić information content (AvgIpc) is 2.66. The third-order valence-corrected chi connectivity index (χ3v) is 4.50. The highest BCUT2D eigenvalue weighted by Crippen LogP contribution is 2.33. The van der Waals surface area contributed by atoms with Crippen molar-refractivity contribution in [2.24, 2.45) is 0 Å². The number of amides is 2. The number of benzene rings is 2. The van der Waals surface area contributed by atoms with Crippen molar-refractivity contribution in [1.82, 2.24) is 10.6 Å². The molecule has 1 aliphatic heterocycles. The van der Waals surface area contributed by atoms with Crippen LogP contribution in [0.4, 0.5) is 4.79 Å². The molecule has 0 aliphatic carbocycles. The first kappa shape index (κ1) is 18.8. The summed E-state index contributed by atoms with van der Waals surface area (Å²) < 4.78 is 10.6. The molecule has 140 valence electrons. The number of nitrogens with one attached hydrogen (secondary N) is 2. The van der Waals surface area contributed by atoms with Gasteiger partial charge < -0.3 is 20.1 Å². The number of carbonyl (C=O) groups is 2. The predicted molar refractivity (Wildman–Crippen MR) is 101 cm³/mol. The highest BCUT2D eigenvalue weighted by molar-refractivity contribution is 6.32. The summed E-state index contributed by atoms with van der Waals surface area (Å²) in [6, 6.07) is 13.8. The van der Waals surface area contributed by atoms with E-state index < -0.39 is 18.0 Å². The highest BCUT2D eigenvalue weighted by atomic mass is 35.5. The number of halogens is 1. The van der Waals surface area contributed by atoms with E-state index in [9.17, 15) is 9.59 Å². The van der Waals surface area contributed by atoms with Crippen molar-refractivity contribution < 1.29 is 19.1 Å². The van der Waals surface area contributed by atoms with Crippen molar-refractivity contribution in [2.75, 3.05) is 7.11 Å². The molecule has 0 saturated carbocycles. The Labute approximate surface area is 162 Å². The van der Waals surface area contributed by atoms with Crippen LogP contribution in [0.3, 0.4) is 0 Å². The summed E-state index contributed by atoms with van der Waals surface area (Å²) >= 11 is 6.36. The lowest BCUT2D eigenvalue weighted by molar-refractivity contribution is -0.136. The second-order valence-corrected chi connectivity index (χ2v) is 6.43. The lowest BCUT2D eigenvalue weighted by atomic mass is 9.95. The molecule has 0 fully saturated rings. The zero-order valence-electron chi connectivity index (χ0n) is 14.9. The van der Waals surface area contributed by atoms with Crippen molar-refractivity contribution in [3.63, 3.8) is 0 Å². The van der Waals surface area contributed by atoms with Crippen molar-refractivity contribution in [3.8, 4) is 5.75 Å². The van der Waals surface area contributed by atoms with Crippen molar-refractivity contribution in [3.05, 3.63) is 76.0 Å². The van der Waals surface area contributed by atoms with Gasteiger partial charge in [0, 0.05) is 5.70 Å². The maximum Gasteiger partial charge on any atom is 0.337 e. The Kier molecular flexibility index (Phi) is 5.66. The number of methoxy groups -OCH3 is 1. The Morgan fingerprint density at radius 3 is 2.59 bits per heavy atom. The molecule has 6 nitrogen and oxygen atoms in total. The van der Waals surface area contributed by atoms with Crippen LogP contribution < -0.4 is 15.4 Å². The Balaban J connectivity index is 1.84. The third-order valence-electron chi connectivity index (χ3n) is 4.20. The van der Waals surface area contributed by atoms with E-state index >= 15 is 0 Å². The van der Waals surface area contributed by atoms with Gasteiger partial charge in [0.1, 0.15) is 12.4 Å². The van der Waals surface area contributed by atoms with Crippen LogP contribution in [0.5, 0.6) is 5.75 Å². The van der Waals surface area contributed by atoms with E-state index in [2.05, 4.69) is 10.6 Å². The minimum absolute atomic E-state index is 0.325. The molecule has 1 atom stereocenters. The van der Waals surface area contributed by atoms with E-state index in [0.29, 0.717) is 34.2 Å². The van der Waals surface area contributed by atoms with E-state index in [1.54, 1.807) is 25.1 Å². The van der Waals surface area contributed by atoms with Crippen LogP contribution in [-0.4, -0.2) is 19.1 Å². The second kappa shape index (κ2) is 8.14. The van der Waals surface area contributed by atoms with Crippen LogP contribution in [0.2, 0.25) is 5.02 Å². The van der Waals surface area contributed by atoms with E-state index in [0.717, 1.165) is 5.56 Å².